The molecule has 0 saturated carbocycles. The maximum Gasteiger partial charge on any atom is 0.150 e. The van der Waals surface area contributed by atoms with Crippen molar-refractivity contribution in [3.8, 4) is 0 Å². The van der Waals surface area contributed by atoms with E-state index < -0.39 is 0 Å². The third-order valence-corrected chi connectivity index (χ3v) is 4.63. The fourth-order valence-electron chi connectivity index (χ4n) is 2.15. The summed E-state index contributed by atoms with van der Waals surface area (Å²) in [4.78, 5) is 12.1. The molecule has 1 unspecified atom stereocenters. The minimum atomic E-state index is -0.231. The first-order chi connectivity index (χ1) is 8.16. The van der Waals surface area contributed by atoms with Crippen molar-refractivity contribution in [3.05, 3.63) is 35.1 Å². The summed E-state index contributed by atoms with van der Waals surface area (Å²) >= 11 is 1.78. The van der Waals surface area contributed by atoms with E-state index in [4.69, 9.17) is 0 Å². The van der Waals surface area contributed by atoms with Crippen LogP contribution in [-0.4, -0.2) is 16.8 Å². The van der Waals surface area contributed by atoms with Gasteiger partial charge in [-0.15, -0.1) is 0 Å². The molecule has 0 aliphatic carbocycles. The Hall–Kier alpha value is -0.830. The molecule has 0 bridgehead atoms. The second kappa shape index (κ2) is 5.67. The fraction of sp³-hybridized carbons (Fsp3) is 0.500. The Morgan fingerprint density at radius 2 is 2.29 bits per heavy atom. The number of halogens is 1. The van der Waals surface area contributed by atoms with Crippen LogP contribution < -0.4 is 0 Å². The Kier molecular flexibility index (Phi) is 4.21. The standard InChI is InChI=1S/C14H17FOS/c1-10-8-12(15)6-5-11(10)9-13(16)14-4-2-3-7-17-14/h5-6,8,14H,2-4,7,9H2,1H3. The van der Waals surface area contributed by atoms with Crippen LogP contribution in [0.3, 0.4) is 0 Å². The third-order valence-electron chi connectivity index (χ3n) is 3.21. The van der Waals surface area contributed by atoms with E-state index in [1.165, 1.54) is 18.6 Å². The number of hydrogen-bond donors (Lipinski definition) is 0. The average Bonchev–Trinajstić information content (AvgIpc) is 2.34. The van der Waals surface area contributed by atoms with E-state index in [-0.39, 0.29) is 11.1 Å². The number of carbonyl (C=O) groups is 1. The monoisotopic (exact) mass is 252 g/mol. The van der Waals surface area contributed by atoms with Crippen molar-refractivity contribution < 1.29 is 9.18 Å². The molecule has 2 rings (SSSR count). The summed E-state index contributed by atoms with van der Waals surface area (Å²) in [5.74, 6) is 1.16. The molecule has 1 aliphatic heterocycles. The summed E-state index contributed by atoms with van der Waals surface area (Å²) in [6.45, 7) is 1.86. The van der Waals surface area contributed by atoms with Crippen LogP contribution in [0, 0.1) is 12.7 Å². The van der Waals surface area contributed by atoms with Gasteiger partial charge in [0, 0.05) is 6.42 Å². The number of Topliss-reactive ketones (excluding diaryl/α,β-unsaturated/α-hetero) is 1. The molecule has 0 amide bonds. The molecule has 0 N–H and O–H groups in total. The maximum absolute atomic E-state index is 13.0. The van der Waals surface area contributed by atoms with E-state index in [1.54, 1.807) is 17.8 Å². The van der Waals surface area contributed by atoms with Gasteiger partial charge in [-0.05, 0) is 48.8 Å². The van der Waals surface area contributed by atoms with Crippen molar-refractivity contribution >= 4 is 17.5 Å². The number of carbonyl (C=O) groups excluding carboxylic acids is 1. The minimum absolute atomic E-state index is 0.160. The molecule has 1 aromatic carbocycles. The molecular weight excluding hydrogens is 235 g/mol. The number of ketones is 1. The molecule has 1 aromatic rings. The largest absolute Gasteiger partial charge is 0.298 e. The molecule has 0 spiro atoms. The van der Waals surface area contributed by atoms with Crippen LogP contribution in [0.2, 0.25) is 0 Å². The summed E-state index contributed by atoms with van der Waals surface area (Å²) in [6.07, 6.45) is 3.84. The van der Waals surface area contributed by atoms with E-state index in [0.717, 1.165) is 29.7 Å². The Labute approximate surface area is 106 Å². The number of benzene rings is 1. The van der Waals surface area contributed by atoms with Crippen molar-refractivity contribution in [1.82, 2.24) is 0 Å². The quantitative estimate of drug-likeness (QED) is 0.818. The minimum Gasteiger partial charge on any atom is -0.298 e. The molecule has 1 aliphatic rings. The predicted molar refractivity (Wildman–Crippen MR) is 69.9 cm³/mol. The van der Waals surface area contributed by atoms with Crippen molar-refractivity contribution in [2.45, 2.75) is 37.9 Å². The number of thioether (sulfide) groups is 1. The lowest BCUT2D eigenvalue weighted by Gasteiger charge is -2.20. The van der Waals surface area contributed by atoms with Gasteiger partial charge in [-0.25, -0.2) is 4.39 Å². The van der Waals surface area contributed by atoms with Gasteiger partial charge in [-0.2, -0.15) is 11.8 Å². The van der Waals surface area contributed by atoms with E-state index >= 15 is 0 Å². The average molecular weight is 252 g/mol. The second-order valence-corrected chi connectivity index (χ2v) is 5.88. The summed E-state index contributed by atoms with van der Waals surface area (Å²) in [5, 5.41) is 0.160. The maximum atomic E-state index is 13.0. The topological polar surface area (TPSA) is 17.1 Å². The zero-order chi connectivity index (χ0) is 12.3. The number of aryl methyl sites for hydroxylation is 1. The van der Waals surface area contributed by atoms with E-state index in [1.807, 2.05) is 6.92 Å². The fourth-order valence-corrected chi connectivity index (χ4v) is 3.41. The molecule has 92 valence electrons. The van der Waals surface area contributed by atoms with E-state index in [9.17, 15) is 9.18 Å². The zero-order valence-corrected chi connectivity index (χ0v) is 10.9. The van der Waals surface area contributed by atoms with Crippen LogP contribution in [0.1, 0.15) is 30.4 Å². The molecule has 1 fully saturated rings. The second-order valence-electron chi connectivity index (χ2n) is 4.57. The van der Waals surface area contributed by atoms with Gasteiger partial charge in [-0.1, -0.05) is 12.5 Å². The predicted octanol–water partition coefficient (Wildman–Crippen LogP) is 3.53. The van der Waals surface area contributed by atoms with Crippen LogP contribution in [-0.2, 0) is 11.2 Å². The lowest BCUT2D eigenvalue weighted by atomic mass is 10.00. The van der Waals surface area contributed by atoms with Crippen LogP contribution >= 0.6 is 11.8 Å². The van der Waals surface area contributed by atoms with Gasteiger partial charge >= 0.3 is 0 Å². The summed E-state index contributed by atoms with van der Waals surface area (Å²) in [6, 6.07) is 4.66. The van der Waals surface area contributed by atoms with Crippen molar-refractivity contribution in [2.24, 2.45) is 0 Å². The SMILES string of the molecule is Cc1cc(F)ccc1CC(=O)C1CCCCS1. The zero-order valence-electron chi connectivity index (χ0n) is 10.0. The molecule has 3 heteroatoms. The first-order valence-corrected chi connectivity index (χ1v) is 7.11. The van der Waals surface area contributed by atoms with E-state index in [2.05, 4.69) is 0 Å². The lowest BCUT2D eigenvalue weighted by molar-refractivity contribution is -0.118. The molecule has 0 aromatic heterocycles. The van der Waals surface area contributed by atoms with Crippen LogP contribution in [0.5, 0.6) is 0 Å². The van der Waals surface area contributed by atoms with Gasteiger partial charge in [0.25, 0.3) is 0 Å². The van der Waals surface area contributed by atoms with Gasteiger partial charge in [0.2, 0.25) is 0 Å². The van der Waals surface area contributed by atoms with Gasteiger partial charge in [0.05, 0.1) is 5.25 Å². The Morgan fingerprint density at radius 1 is 1.47 bits per heavy atom. The molecule has 1 atom stereocenters. The Bertz CT molecular complexity index is 411. The first-order valence-electron chi connectivity index (χ1n) is 6.06. The van der Waals surface area contributed by atoms with E-state index in [0.29, 0.717) is 12.2 Å². The first kappa shape index (κ1) is 12.6. The molecule has 17 heavy (non-hydrogen) atoms. The molecular formula is C14H17FOS. The summed E-state index contributed by atoms with van der Waals surface area (Å²) in [5.41, 5.74) is 1.83. The van der Waals surface area contributed by atoms with Crippen molar-refractivity contribution in [2.75, 3.05) is 5.75 Å². The van der Waals surface area contributed by atoms with Crippen LogP contribution in [0.15, 0.2) is 18.2 Å². The highest BCUT2D eigenvalue weighted by molar-refractivity contribution is 8.00. The summed E-state index contributed by atoms with van der Waals surface area (Å²) < 4.78 is 13.0. The highest BCUT2D eigenvalue weighted by atomic mass is 32.2. The van der Waals surface area contributed by atoms with Crippen molar-refractivity contribution in [1.29, 1.82) is 0 Å². The van der Waals surface area contributed by atoms with Gasteiger partial charge in [0.1, 0.15) is 11.6 Å². The highest BCUT2D eigenvalue weighted by Crippen LogP contribution is 2.27. The lowest BCUT2D eigenvalue weighted by Crippen LogP contribution is -2.22. The highest BCUT2D eigenvalue weighted by Gasteiger charge is 2.22. The molecule has 1 nitrogen and oxygen atoms in total. The number of hydrogen-bond acceptors (Lipinski definition) is 2. The third kappa shape index (κ3) is 3.32. The van der Waals surface area contributed by atoms with Crippen LogP contribution in [0.4, 0.5) is 4.39 Å². The Balaban J connectivity index is 2.02. The number of rotatable bonds is 3. The van der Waals surface area contributed by atoms with Crippen molar-refractivity contribution in [3.63, 3.8) is 0 Å². The Morgan fingerprint density at radius 3 is 2.94 bits per heavy atom. The van der Waals surface area contributed by atoms with Gasteiger partial charge < -0.3 is 0 Å². The molecule has 0 radical (unpaired) electrons. The summed E-state index contributed by atoms with van der Waals surface area (Å²) in [7, 11) is 0. The molecule has 1 saturated heterocycles. The molecule has 1 heterocycles. The normalized spacial score (nSPS) is 20.2. The smallest absolute Gasteiger partial charge is 0.150 e. The van der Waals surface area contributed by atoms with Crippen LogP contribution in [0.25, 0.3) is 0 Å². The van der Waals surface area contributed by atoms with Gasteiger partial charge in [0.15, 0.2) is 0 Å². The van der Waals surface area contributed by atoms with Gasteiger partial charge in [-0.3, -0.25) is 4.79 Å².